The lowest BCUT2D eigenvalue weighted by Crippen LogP contribution is -2.44. The van der Waals surface area contributed by atoms with Gasteiger partial charge in [0.05, 0.1) is 31.9 Å². The predicted molar refractivity (Wildman–Crippen MR) is 139 cm³/mol. The number of amides is 2. The molecule has 0 radical (unpaired) electrons. The Balaban J connectivity index is 1.19. The fourth-order valence-electron chi connectivity index (χ4n) is 7.38. The molecule has 0 heterocycles. The fourth-order valence-corrected chi connectivity index (χ4v) is 7.38. The van der Waals surface area contributed by atoms with E-state index in [0.717, 1.165) is 38.5 Å². The van der Waals surface area contributed by atoms with Gasteiger partial charge in [0, 0.05) is 0 Å². The van der Waals surface area contributed by atoms with Gasteiger partial charge in [-0.3, -0.25) is 9.59 Å². The molecule has 8 heteroatoms. The SMILES string of the molecule is COc1ccc(NC(=O)CCO[C@@H]2CCC3C4CCc5cc(O)ccc5C4CC[C@]32C)c(O)c1C(N)=O. The van der Waals surface area contributed by atoms with Gasteiger partial charge in [0.1, 0.15) is 17.1 Å². The number of carbonyl (C=O) groups is 2. The van der Waals surface area contributed by atoms with Gasteiger partial charge in [-0.15, -0.1) is 0 Å². The number of nitrogens with one attached hydrogen (secondary N) is 1. The minimum Gasteiger partial charge on any atom is -0.508 e. The number of benzene rings is 2. The summed E-state index contributed by atoms with van der Waals surface area (Å²) in [6, 6.07) is 8.84. The number of aromatic hydroxyl groups is 2. The number of hydrogen-bond donors (Lipinski definition) is 4. The van der Waals surface area contributed by atoms with Crippen molar-refractivity contribution in [2.24, 2.45) is 23.0 Å². The van der Waals surface area contributed by atoms with Crippen LogP contribution in [0, 0.1) is 17.3 Å². The summed E-state index contributed by atoms with van der Waals surface area (Å²) in [6.45, 7) is 2.65. The zero-order chi connectivity index (χ0) is 26.3. The Morgan fingerprint density at radius 2 is 1.95 bits per heavy atom. The number of fused-ring (bicyclic) bond motifs is 5. The number of carbonyl (C=O) groups excluding carboxylic acids is 2. The molecule has 3 unspecified atom stereocenters. The van der Waals surface area contributed by atoms with E-state index in [-0.39, 0.29) is 47.5 Å². The Kier molecular flexibility index (Phi) is 6.79. The summed E-state index contributed by atoms with van der Waals surface area (Å²) in [7, 11) is 1.37. The number of nitrogens with two attached hydrogens (primary N) is 1. The maximum atomic E-state index is 12.6. The van der Waals surface area contributed by atoms with Crippen LogP contribution in [0.15, 0.2) is 30.3 Å². The second kappa shape index (κ2) is 9.89. The molecular weight excluding hydrogens is 472 g/mol. The van der Waals surface area contributed by atoms with E-state index in [1.54, 1.807) is 0 Å². The van der Waals surface area contributed by atoms with Crippen LogP contribution in [0.25, 0.3) is 0 Å². The van der Waals surface area contributed by atoms with Gasteiger partial charge in [0.25, 0.3) is 5.91 Å². The zero-order valence-electron chi connectivity index (χ0n) is 21.5. The van der Waals surface area contributed by atoms with E-state index in [9.17, 15) is 19.8 Å². The third-order valence-corrected chi connectivity index (χ3v) is 9.15. The van der Waals surface area contributed by atoms with Gasteiger partial charge in [-0.1, -0.05) is 13.0 Å². The number of phenolic OH excluding ortho intramolecular Hbond substituents is 1. The van der Waals surface area contributed by atoms with E-state index >= 15 is 0 Å². The van der Waals surface area contributed by atoms with E-state index in [1.165, 1.54) is 30.4 Å². The zero-order valence-corrected chi connectivity index (χ0v) is 21.5. The number of methoxy groups -OCH3 is 1. The molecule has 5 atom stereocenters. The first-order valence-corrected chi connectivity index (χ1v) is 13.2. The van der Waals surface area contributed by atoms with Crippen LogP contribution < -0.4 is 15.8 Å². The molecule has 0 aliphatic heterocycles. The van der Waals surface area contributed by atoms with Crippen molar-refractivity contribution in [1.82, 2.24) is 0 Å². The van der Waals surface area contributed by atoms with E-state index < -0.39 is 11.7 Å². The molecule has 3 aliphatic rings. The van der Waals surface area contributed by atoms with E-state index in [0.29, 0.717) is 23.5 Å². The van der Waals surface area contributed by atoms with Gasteiger partial charge in [-0.05, 0) is 97.1 Å². The summed E-state index contributed by atoms with van der Waals surface area (Å²) in [6.07, 6.45) is 6.75. The molecule has 2 amide bonds. The summed E-state index contributed by atoms with van der Waals surface area (Å²) in [5, 5.41) is 23.0. The third-order valence-electron chi connectivity index (χ3n) is 9.15. The number of phenols is 2. The maximum absolute atomic E-state index is 12.6. The molecule has 2 fully saturated rings. The first-order valence-electron chi connectivity index (χ1n) is 13.2. The molecule has 2 saturated carbocycles. The Hall–Kier alpha value is -3.26. The molecule has 3 aliphatic carbocycles. The van der Waals surface area contributed by atoms with Crippen molar-refractivity contribution in [3.8, 4) is 17.2 Å². The van der Waals surface area contributed by atoms with Gasteiger partial charge < -0.3 is 30.7 Å². The van der Waals surface area contributed by atoms with Crippen molar-refractivity contribution in [2.45, 2.75) is 63.9 Å². The lowest BCUT2D eigenvalue weighted by Gasteiger charge is -2.50. The van der Waals surface area contributed by atoms with Gasteiger partial charge in [-0.25, -0.2) is 0 Å². The van der Waals surface area contributed by atoms with Crippen molar-refractivity contribution in [1.29, 1.82) is 0 Å². The van der Waals surface area contributed by atoms with Gasteiger partial charge in [0.2, 0.25) is 5.91 Å². The molecule has 2 aromatic carbocycles. The highest BCUT2D eigenvalue weighted by molar-refractivity contribution is 6.02. The normalized spacial score (nSPS) is 28.1. The second-order valence-corrected chi connectivity index (χ2v) is 11.0. The minimum absolute atomic E-state index is 0.0940. The van der Waals surface area contributed by atoms with Crippen molar-refractivity contribution >= 4 is 17.5 Å². The highest BCUT2D eigenvalue weighted by atomic mass is 16.5. The first-order chi connectivity index (χ1) is 17.7. The Morgan fingerprint density at radius 3 is 2.70 bits per heavy atom. The largest absolute Gasteiger partial charge is 0.508 e. The van der Waals surface area contributed by atoms with Crippen LogP contribution in [0.4, 0.5) is 5.69 Å². The molecule has 37 heavy (non-hydrogen) atoms. The van der Waals surface area contributed by atoms with Crippen LogP contribution in [0.5, 0.6) is 17.2 Å². The molecule has 0 aromatic heterocycles. The fraction of sp³-hybridized carbons (Fsp3) is 0.517. The molecule has 0 bridgehead atoms. The summed E-state index contributed by atoms with van der Waals surface area (Å²) in [4.78, 5) is 24.3. The quantitative estimate of drug-likeness (QED) is 0.408. The Labute approximate surface area is 217 Å². The van der Waals surface area contributed by atoms with Crippen LogP contribution in [0.2, 0.25) is 0 Å². The molecule has 2 aromatic rings. The maximum Gasteiger partial charge on any atom is 0.256 e. The van der Waals surface area contributed by atoms with Gasteiger partial charge >= 0.3 is 0 Å². The summed E-state index contributed by atoms with van der Waals surface area (Å²) < 4.78 is 11.4. The predicted octanol–water partition coefficient (Wildman–Crippen LogP) is 4.48. The summed E-state index contributed by atoms with van der Waals surface area (Å²) in [5.41, 5.74) is 8.10. The highest BCUT2D eigenvalue weighted by Gasteiger charge is 2.55. The average Bonchev–Trinajstić information content (AvgIpc) is 3.20. The lowest BCUT2D eigenvalue weighted by molar-refractivity contribution is -0.119. The molecule has 5 rings (SSSR count). The topological polar surface area (TPSA) is 131 Å². The smallest absolute Gasteiger partial charge is 0.256 e. The number of ether oxygens (including phenoxy) is 2. The summed E-state index contributed by atoms with van der Waals surface area (Å²) >= 11 is 0. The number of hydrogen-bond acceptors (Lipinski definition) is 6. The number of rotatable bonds is 7. The van der Waals surface area contributed by atoms with Crippen LogP contribution in [0.3, 0.4) is 0 Å². The van der Waals surface area contributed by atoms with E-state index in [4.69, 9.17) is 15.2 Å². The summed E-state index contributed by atoms with van der Waals surface area (Å²) in [5.74, 6) is 0.707. The monoisotopic (exact) mass is 508 g/mol. The molecular formula is C29H36N2O6. The highest BCUT2D eigenvalue weighted by Crippen LogP contribution is 2.61. The number of anilines is 1. The Morgan fingerprint density at radius 1 is 1.14 bits per heavy atom. The van der Waals surface area contributed by atoms with E-state index in [2.05, 4.69) is 18.3 Å². The van der Waals surface area contributed by atoms with Crippen LogP contribution in [-0.2, 0) is 16.0 Å². The van der Waals surface area contributed by atoms with E-state index in [1.807, 2.05) is 12.1 Å². The molecule has 0 saturated heterocycles. The number of aryl methyl sites for hydroxylation is 1. The standard InChI is InChI=1S/C29H36N2O6/c1-29-13-11-19-18-6-4-17(32)15-16(18)3-5-20(19)21(29)7-10-24(29)37-14-12-25(33)31-22-8-9-23(36-2)26(27(22)34)28(30)35/h4,6,8-9,15,19-21,24,32,34H,3,5,7,10-14H2,1-2H3,(H2,30,35)(H,31,33)/t19?,20?,21?,24-,29-/m1/s1. The van der Waals surface area contributed by atoms with Crippen LogP contribution in [0.1, 0.15) is 72.9 Å². The molecule has 198 valence electrons. The van der Waals surface area contributed by atoms with Gasteiger partial charge in [-0.2, -0.15) is 0 Å². The minimum atomic E-state index is -0.841. The number of primary amides is 1. The van der Waals surface area contributed by atoms with Crippen LogP contribution in [-0.4, -0.2) is 41.8 Å². The molecule has 0 spiro atoms. The Bertz CT molecular complexity index is 1210. The van der Waals surface area contributed by atoms with Crippen molar-refractivity contribution in [3.63, 3.8) is 0 Å². The van der Waals surface area contributed by atoms with Crippen molar-refractivity contribution in [3.05, 3.63) is 47.0 Å². The lowest BCUT2D eigenvalue weighted by atomic mass is 9.55. The van der Waals surface area contributed by atoms with Crippen molar-refractivity contribution in [2.75, 3.05) is 19.0 Å². The second-order valence-electron chi connectivity index (χ2n) is 11.0. The van der Waals surface area contributed by atoms with Crippen LogP contribution >= 0.6 is 0 Å². The molecule has 5 N–H and O–H groups in total. The van der Waals surface area contributed by atoms with Gasteiger partial charge in [0.15, 0.2) is 5.75 Å². The first kappa shape index (κ1) is 25.4. The average molecular weight is 509 g/mol. The molecule has 8 nitrogen and oxygen atoms in total. The van der Waals surface area contributed by atoms with Crippen molar-refractivity contribution < 1.29 is 29.3 Å². The third kappa shape index (κ3) is 4.52.